The van der Waals surface area contributed by atoms with Gasteiger partial charge in [-0.15, -0.1) is 11.8 Å². The van der Waals surface area contributed by atoms with E-state index < -0.39 is 0 Å². The van der Waals surface area contributed by atoms with Crippen molar-refractivity contribution in [3.63, 3.8) is 0 Å². The maximum atomic E-state index is 14.0. The van der Waals surface area contributed by atoms with E-state index in [4.69, 9.17) is 19.3 Å². The number of rotatable bonds is 9. The lowest BCUT2D eigenvalue weighted by Gasteiger charge is -2.24. The highest BCUT2D eigenvalue weighted by molar-refractivity contribution is 8.00. The Hall–Kier alpha value is -4.28. The van der Waals surface area contributed by atoms with E-state index in [2.05, 4.69) is 5.32 Å². The zero-order valence-corrected chi connectivity index (χ0v) is 25.9. The highest BCUT2D eigenvalue weighted by atomic mass is 32.2. The van der Waals surface area contributed by atoms with Gasteiger partial charge in [-0.25, -0.2) is 4.68 Å². The molecule has 4 aromatic rings. The monoisotopic (exact) mass is 612 g/mol. The number of hydrogen-bond donors (Lipinski definition) is 1. The van der Waals surface area contributed by atoms with Gasteiger partial charge in [0, 0.05) is 29.8 Å². The molecule has 2 aliphatic rings. The van der Waals surface area contributed by atoms with Gasteiger partial charge in [0.1, 0.15) is 23.9 Å². The topological polar surface area (TPSA) is 94.9 Å². The molecule has 0 spiro atoms. The van der Waals surface area contributed by atoms with Crippen LogP contribution >= 0.6 is 11.8 Å². The van der Waals surface area contributed by atoms with Crippen molar-refractivity contribution in [1.29, 1.82) is 0 Å². The average Bonchev–Trinajstić information content (AvgIpc) is 3.69. The molecule has 44 heavy (non-hydrogen) atoms. The third-order valence-corrected chi connectivity index (χ3v) is 9.22. The summed E-state index contributed by atoms with van der Waals surface area (Å²) in [4.78, 5) is 29.0. The first-order valence-corrected chi connectivity index (χ1v) is 15.8. The average molecular weight is 613 g/mol. The van der Waals surface area contributed by atoms with Crippen molar-refractivity contribution < 1.29 is 23.8 Å². The van der Waals surface area contributed by atoms with E-state index in [-0.39, 0.29) is 35.5 Å². The summed E-state index contributed by atoms with van der Waals surface area (Å²) in [5.74, 6) is 1.63. The van der Waals surface area contributed by atoms with Crippen LogP contribution in [0.4, 0.5) is 5.82 Å². The molecule has 0 unspecified atom stereocenters. The number of fused-ring (bicyclic) bond motifs is 1. The molecule has 0 saturated carbocycles. The van der Waals surface area contributed by atoms with Crippen molar-refractivity contribution in [2.45, 2.75) is 31.1 Å². The van der Waals surface area contributed by atoms with Crippen LogP contribution < -0.4 is 19.7 Å². The van der Waals surface area contributed by atoms with Crippen molar-refractivity contribution in [3.8, 4) is 28.4 Å². The van der Waals surface area contributed by atoms with Crippen LogP contribution in [0.25, 0.3) is 16.9 Å². The number of anilines is 1. The van der Waals surface area contributed by atoms with E-state index in [1.165, 1.54) is 11.8 Å². The molecule has 9 nitrogen and oxygen atoms in total. The van der Waals surface area contributed by atoms with E-state index in [0.29, 0.717) is 30.5 Å². The van der Waals surface area contributed by atoms with E-state index in [1.807, 2.05) is 79.7 Å². The molecule has 10 heteroatoms. The Morgan fingerprint density at radius 2 is 1.86 bits per heavy atom. The second-order valence-electron chi connectivity index (χ2n) is 10.9. The molecule has 0 aliphatic carbocycles. The van der Waals surface area contributed by atoms with Gasteiger partial charge in [0.15, 0.2) is 0 Å². The van der Waals surface area contributed by atoms with Crippen molar-refractivity contribution >= 4 is 29.4 Å². The van der Waals surface area contributed by atoms with Crippen LogP contribution in [-0.2, 0) is 14.3 Å². The molecule has 1 fully saturated rings. The fourth-order valence-electron chi connectivity index (χ4n) is 5.72. The first kappa shape index (κ1) is 29.8. The molecule has 1 N–H and O–H groups in total. The van der Waals surface area contributed by atoms with Gasteiger partial charge in [-0.3, -0.25) is 14.5 Å². The van der Waals surface area contributed by atoms with Crippen LogP contribution in [0.5, 0.6) is 11.5 Å². The second kappa shape index (κ2) is 13.2. The van der Waals surface area contributed by atoms with Crippen LogP contribution in [-0.4, -0.2) is 67.4 Å². The molecular formula is C34H36N4O5S. The first-order valence-electron chi connectivity index (χ1n) is 14.7. The number of ether oxygens (including phenoxy) is 3. The predicted molar refractivity (Wildman–Crippen MR) is 172 cm³/mol. The van der Waals surface area contributed by atoms with Crippen LogP contribution in [0.2, 0.25) is 0 Å². The molecule has 1 saturated heterocycles. The Bertz CT molecular complexity index is 1630. The zero-order valence-electron chi connectivity index (χ0n) is 25.1. The number of hydrogen-bond acceptors (Lipinski definition) is 7. The lowest BCUT2D eigenvalue weighted by Crippen LogP contribution is -2.44. The van der Waals surface area contributed by atoms with Crippen LogP contribution in [0.1, 0.15) is 34.8 Å². The second-order valence-corrected chi connectivity index (χ2v) is 12.0. The standard InChI is InChI=1S/C34H36N4O5S/c1-22-11-13-24(14-12-22)38-34-31(32(36-38)23-8-5-4-6-9-23)33(27-18-25(41-2)15-16-28(27)42-3)44-21-30(40)37(34)20-29(39)35-19-26-10-7-17-43-26/h4-6,8-9,11-16,18,26,33H,7,10,17,19-21H2,1-3H3,(H,35,39)/t26-,33-/m1/s1. The Morgan fingerprint density at radius 1 is 1.07 bits per heavy atom. The maximum absolute atomic E-state index is 14.0. The van der Waals surface area contributed by atoms with E-state index in [1.54, 1.807) is 23.8 Å². The van der Waals surface area contributed by atoms with Crippen LogP contribution in [0, 0.1) is 6.92 Å². The SMILES string of the molecule is COc1ccc(OC)c([C@H]2SCC(=O)N(CC(=O)NC[C@H]3CCCO3)c3c2c(-c2ccccc2)nn3-c2ccc(C)cc2)c1. The molecule has 2 atom stereocenters. The number of methoxy groups -OCH3 is 2. The van der Waals surface area contributed by atoms with Gasteiger partial charge < -0.3 is 19.5 Å². The van der Waals surface area contributed by atoms with Crippen LogP contribution in [0.3, 0.4) is 0 Å². The van der Waals surface area contributed by atoms with E-state index in [9.17, 15) is 9.59 Å². The van der Waals surface area contributed by atoms with Crippen molar-refractivity contribution in [2.24, 2.45) is 0 Å². The van der Waals surface area contributed by atoms with Crippen LogP contribution in [0.15, 0.2) is 72.8 Å². The number of aromatic nitrogens is 2. The summed E-state index contributed by atoms with van der Waals surface area (Å²) in [6.07, 6.45) is 1.89. The molecule has 0 radical (unpaired) electrons. The summed E-state index contributed by atoms with van der Waals surface area (Å²) in [6, 6.07) is 23.6. The number of nitrogens with zero attached hydrogens (tertiary/aromatic N) is 3. The van der Waals surface area contributed by atoms with Gasteiger partial charge in [0.05, 0.1) is 42.7 Å². The summed E-state index contributed by atoms with van der Waals surface area (Å²) in [7, 11) is 3.26. The number of carbonyl (C=O) groups excluding carboxylic acids is 2. The van der Waals surface area contributed by atoms with Gasteiger partial charge in [0.2, 0.25) is 11.8 Å². The van der Waals surface area contributed by atoms with Gasteiger partial charge >= 0.3 is 0 Å². The Kier molecular flexibility index (Phi) is 8.90. The first-order chi connectivity index (χ1) is 21.5. The number of aryl methyl sites for hydroxylation is 1. The Balaban J connectivity index is 1.55. The molecule has 228 valence electrons. The minimum Gasteiger partial charge on any atom is -0.497 e. The molecule has 3 aromatic carbocycles. The fraction of sp³-hybridized carbons (Fsp3) is 0.324. The maximum Gasteiger partial charge on any atom is 0.240 e. The zero-order chi connectivity index (χ0) is 30.6. The number of amides is 2. The van der Waals surface area contributed by atoms with E-state index in [0.717, 1.165) is 46.5 Å². The molecular weight excluding hydrogens is 576 g/mol. The van der Waals surface area contributed by atoms with Crippen molar-refractivity contribution in [2.75, 3.05) is 44.6 Å². The quantitative estimate of drug-likeness (QED) is 0.273. The molecule has 0 bridgehead atoms. The normalized spacial score (nSPS) is 18.1. The lowest BCUT2D eigenvalue weighted by atomic mass is 9.98. The number of thioether (sulfide) groups is 1. The van der Waals surface area contributed by atoms with Crippen molar-refractivity contribution in [3.05, 3.63) is 89.5 Å². The highest BCUT2D eigenvalue weighted by Gasteiger charge is 2.39. The summed E-state index contributed by atoms with van der Waals surface area (Å²) < 4.78 is 18.9. The third kappa shape index (κ3) is 6.05. The summed E-state index contributed by atoms with van der Waals surface area (Å²) in [5.41, 5.74) is 5.20. The van der Waals surface area contributed by atoms with Gasteiger partial charge in [-0.2, -0.15) is 5.10 Å². The minimum absolute atomic E-state index is 0.00224. The Morgan fingerprint density at radius 3 is 2.57 bits per heavy atom. The molecule has 2 amide bonds. The lowest BCUT2D eigenvalue weighted by molar-refractivity contribution is -0.123. The molecule has 2 aliphatic heterocycles. The summed E-state index contributed by atoms with van der Waals surface area (Å²) in [6.45, 7) is 3.00. The van der Waals surface area contributed by atoms with Gasteiger partial charge in [-0.05, 0) is 50.1 Å². The van der Waals surface area contributed by atoms with Gasteiger partial charge in [0.25, 0.3) is 0 Å². The summed E-state index contributed by atoms with van der Waals surface area (Å²) in [5, 5.41) is 7.81. The highest BCUT2D eigenvalue weighted by Crippen LogP contribution is 2.51. The van der Waals surface area contributed by atoms with E-state index >= 15 is 0 Å². The predicted octanol–water partition coefficient (Wildman–Crippen LogP) is 5.33. The largest absolute Gasteiger partial charge is 0.497 e. The third-order valence-electron chi connectivity index (χ3n) is 7.99. The smallest absolute Gasteiger partial charge is 0.240 e. The number of carbonyl (C=O) groups is 2. The van der Waals surface area contributed by atoms with Gasteiger partial charge in [-0.1, -0.05) is 48.0 Å². The minimum atomic E-state index is -0.353. The van der Waals surface area contributed by atoms with Crippen molar-refractivity contribution in [1.82, 2.24) is 15.1 Å². The number of benzene rings is 3. The molecule has 3 heterocycles. The molecule has 1 aromatic heterocycles. The Labute approximate surface area is 261 Å². The molecule has 6 rings (SSSR count). The number of nitrogens with one attached hydrogen (secondary N) is 1. The fourth-order valence-corrected chi connectivity index (χ4v) is 6.93. The summed E-state index contributed by atoms with van der Waals surface area (Å²) >= 11 is 1.49.